The van der Waals surface area contributed by atoms with Gasteiger partial charge in [0.25, 0.3) is 0 Å². The van der Waals surface area contributed by atoms with Gasteiger partial charge in [0.15, 0.2) is 0 Å². The highest BCUT2D eigenvalue weighted by Gasteiger charge is 2.16. The van der Waals surface area contributed by atoms with Crippen LogP contribution in [0.3, 0.4) is 0 Å². The monoisotopic (exact) mass is 200 g/mol. The zero-order valence-corrected chi connectivity index (χ0v) is 8.15. The molecule has 0 atom stereocenters. The number of pyridine rings is 1. The first-order valence-corrected chi connectivity index (χ1v) is 4.10. The number of aromatic nitrogens is 1. The van der Waals surface area contributed by atoms with E-state index < -0.39 is 7.12 Å². The quantitative estimate of drug-likeness (QED) is 0.498. The number of hydrogen-bond acceptors (Lipinski definition) is 4. The van der Waals surface area contributed by atoms with Gasteiger partial charge in [0.2, 0.25) is 0 Å². The van der Waals surface area contributed by atoms with Crippen LogP contribution >= 0.6 is 11.6 Å². The molecule has 13 heavy (non-hydrogen) atoms. The Morgan fingerprint density at radius 3 is 2.38 bits per heavy atom. The molecule has 0 unspecified atom stereocenters. The fraction of sp³-hybridized carbons (Fsp3) is 0.286. The predicted molar refractivity (Wildman–Crippen MR) is 53.4 cm³/mol. The summed E-state index contributed by atoms with van der Waals surface area (Å²) in [6.45, 7) is 0. The second kappa shape index (κ2) is 3.96. The van der Waals surface area contributed by atoms with E-state index in [0.29, 0.717) is 5.82 Å². The number of anilines is 1. The maximum atomic E-state index is 8.85. The van der Waals surface area contributed by atoms with Crippen LogP contribution in [-0.2, 0) is 0 Å². The van der Waals surface area contributed by atoms with E-state index >= 15 is 0 Å². The van der Waals surface area contributed by atoms with Crippen molar-refractivity contribution >= 4 is 30.0 Å². The third kappa shape index (κ3) is 2.34. The SMILES string of the molecule is CN(C)c1ccc(B(O)O)c(Cl)n1. The molecule has 0 aromatic carbocycles. The van der Waals surface area contributed by atoms with Gasteiger partial charge in [-0.25, -0.2) is 4.98 Å². The molecule has 0 saturated heterocycles. The van der Waals surface area contributed by atoms with E-state index in [-0.39, 0.29) is 10.6 Å². The summed E-state index contributed by atoms with van der Waals surface area (Å²) in [5, 5.41) is 17.8. The van der Waals surface area contributed by atoms with Gasteiger partial charge in [0.1, 0.15) is 11.0 Å². The van der Waals surface area contributed by atoms with E-state index in [1.54, 1.807) is 11.0 Å². The van der Waals surface area contributed by atoms with E-state index in [9.17, 15) is 0 Å². The van der Waals surface area contributed by atoms with E-state index in [1.807, 2.05) is 14.1 Å². The Bertz CT molecular complexity index is 307. The van der Waals surface area contributed by atoms with E-state index in [4.69, 9.17) is 21.6 Å². The van der Waals surface area contributed by atoms with E-state index in [2.05, 4.69) is 4.98 Å². The normalized spacial score (nSPS) is 9.92. The lowest BCUT2D eigenvalue weighted by Crippen LogP contribution is -2.31. The number of rotatable bonds is 2. The van der Waals surface area contributed by atoms with Gasteiger partial charge in [-0.2, -0.15) is 0 Å². The minimum absolute atomic E-state index is 0.112. The minimum Gasteiger partial charge on any atom is -0.423 e. The average Bonchev–Trinajstić information content (AvgIpc) is 2.03. The molecule has 0 spiro atoms. The smallest absolute Gasteiger partial charge is 0.423 e. The van der Waals surface area contributed by atoms with Gasteiger partial charge in [0.05, 0.1) is 0 Å². The molecule has 0 radical (unpaired) electrons. The molecule has 1 heterocycles. The molecule has 6 heteroatoms. The van der Waals surface area contributed by atoms with Crippen LogP contribution in [0.5, 0.6) is 0 Å². The van der Waals surface area contributed by atoms with Gasteiger partial charge in [0, 0.05) is 19.6 Å². The first-order valence-electron chi connectivity index (χ1n) is 3.72. The Labute approximate surface area is 81.9 Å². The van der Waals surface area contributed by atoms with Crippen molar-refractivity contribution in [2.45, 2.75) is 0 Å². The van der Waals surface area contributed by atoms with Crippen LogP contribution in [0.1, 0.15) is 0 Å². The Balaban J connectivity index is 3.06. The summed E-state index contributed by atoms with van der Waals surface area (Å²) in [5.74, 6) is 0.675. The van der Waals surface area contributed by atoms with Crippen molar-refractivity contribution in [2.75, 3.05) is 19.0 Å². The molecule has 4 nitrogen and oxygen atoms in total. The Kier molecular flexibility index (Phi) is 3.14. The van der Waals surface area contributed by atoms with Crippen molar-refractivity contribution < 1.29 is 10.0 Å². The lowest BCUT2D eigenvalue weighted by atomic mass is 9.82. The van der Waals surface area contributed by atoms with Gasteiger partial charge in [-0.3, -0.25) is 0 Å². The molecule has 0 saturated carbocycles. The molecule has 0 bridgehead atoms. The van der Waals surface area contributed by atoms with Gasteiger partial charge in [-0.1, -0.05) is 17.7 Å². The van der Waals surface area contributed by atoms with Crippen LogP contribution in [0.25, 0.3) is 0 Å². The number of nitrogens with zero attached hydrogens (tertiary/aromatic N) is 2. The summed E-state index contributed by atoms with van der Waals surface area (Å²) in [5.41, 5.74) is 0.215. The van der Waals surface area contributed by atoms with Crippen LogP contribution in [0.15, 0.2) is 12.1 Å². The largest absolute Gasteiger partial charge is 0.491 e. The molecular weight excluding hydrogens is 190 g/mol. The van der Waals surface area contributed by atoms with E-state index in [0.717, 1.165) is 0 Å². The lowest BCUT2D eigenvalue weighted by Gasteiger charge is -2.12. The summed E-state index contributed by atoms with van der Waals surface area (Å²) in [7, 11) is 2.08. The fourth-order valence-corrected chi connectivity index (χ4v) is 1.12. The molecule has 0 fully saturated rings. The Hall–Kier alpha value is -0.775. The van der Waals surface area contributed by atoms with Crippen molar-refractivity contribution in [1.82, 2.24) is 4.98 Å². The second-order valence-electron chi connectivity index (χ2n) is 2.82. The zero-order valence-electron chi connectivity index (χ0n) is 7.40. The van der Waals surface area contributed by atoms with Gasteiger partial charge < -0.3 is 14.9 Å². The van der Waals surface area contributed by atoms with Crippen LogP contribution in [-0.4, -0.2) is 36.2 Å². The standard InChI is InChI=1S/C7H10BClN2O2/c1-11(2)6-4-3-5(8(12)13)7(9)10-6/h3-4,12-13H,1-2H3. The Morgan fingerprint density at radius 1 is 1.38 bits per heavy atom. The Morgan fingerprint density at radius 2 is 2.00 bits per heavy atom. The summed E-state index contributed by atoms with van der Waals surface area (Å²) < 4.78 is 0. The van der Waals surface area contributed by atoms with Crippen LogP contribution in [0, 0.1) is 0 Å². The molecule has 0 aliphatic rings. The zero-order chi connectivity index (χ0) is 10.0. The first kappa shape index (κ1) is 10.3. The summed E-state index contributed by atoms with van der Waals surface area (Å²) in [6.07, 6.45) is 0. The molecule has 1 aromatic heterocycles. The predicted octanol–water partition coefficient (Wildman–Crippen LogP) is -0.519. The van der Waals surface area contributed by atoms with Crippen LogP contribution in [0.2, 0.25) is 5.15 Å². The summed E-state index contributed by atoms with van der Waals surface area (Å²) in [4.78, 5) is 5.74. The molecule has 2 N–H and O–H groups in total. The maximum Gasteiger partial charge on any atom is 0.491 e. The average molecular weight is 200 g/mol. The van der Waals surface area contributed by atoms with Crippen LogP contribution < -0.4 is 10.4 Å². The van der Waals surface area contributed by atoms with Crippen molar-refractivity contribution in [3.8, 4) is 0 Å². The molecule has 0 aliphatic carbocycles. The number of halogens is 1. The topological polar surface area (TPSA) is 56.6 Å². The van der Waals surface area contributed by atoms with Crippen molar-refractivity contribution in [3.63, 3.8) is 0 Å². The molecule has 70 valence electrons. The molecule has 0 aliphatic heterocycles. The lowest BCUT2D eigenvalue weighted by molar-refractivity contribution is 0.425. The molecule has 0 amide bonds. The second-order valence-corrected chi connectivity index (χ2v) is 3.18. The first-order chi connectivity index (χ1) is 6.02. The van der Waals surface area contributed by atoms with E-state index in [1.165, 1.54) is 6.07 Å². The highest BCUT2D eigenvalue weighted by molar-refractivity contribution is 6.62. The van der Waals surface area contributed by atoms with Crippen LogP contribution in [0.4, 0.5) is 5.82 Å². The molecular formula is C7H10BClN2O2. The number of hydrogen-bond donors (Lipinski definition) is 2. The highest BCUT2D eigenvalue weighted by Crippen LogP contribution is 2.10. The summed E-state index contributed by atoms with van der Waals surface area (Å²) >= 11 is 5.71. The van der Waals surface area contributed by atoms with Gasteiger partial charge >= 0.3 is 7.12 Å². The minimum atomic E-state index is -1.57. The van der Waals surface area contributed by atoms with Crippen molar-refractivity contribution in [2.24, 2.45) is 0 Å². The maximum absolute atomic E-state index is 8.85. The van der Waals surface area contributed by atoms with Crippen molar-refractivity contribution in [1.29, 1.82) is 0 Å². The van der Waals surface area contributed by atoms with Gasteiger partial charge in [-0.15, -0.1) is 0 Å². The molecule has 1 rings (SSSR count). The third-order valence-corrected chi connectivity index (χ3v) is 1.90. The van der Waals surface area contributed by atoms with Gasteiger partial charge in [-0.05, 0) is 6.07 Å². The third-order valence-electron chi connectivity index (χ3n) is 1.60. The molecule has 1 aromatic rings. The fourth-order valence-electron chi connectivity index (χ4n) is 0.877. The summed E-state index contributed by atoms with van der Waals surface area (Å²) in [6, 6.07) is 3.20. The highest BCUT2D eigenvalue weighted by atomic mass is 35.5. The van der Waals surface area contributed by atoms with Crippen molar-refractivity contribution in [3.05, 3.63) is 17.3 Å².